The first-order valence-electron chi connectivity index (χ1n) is 13.3. The quantitative estimate of drug-likeness (QED) is 0.0636. The monoisotopic (exact) mass is 665 g/mol. The molecule has 12 nitrogen and oxygen atoms in total. The van der Waals surface area contributed by atoms with E-state index in [4.69, 9.17) is 0 Å². The first-order valence-corrected chi connectivity index (χ1v) is 16.0. The van der Waals surface area contributed by atoms with Crippen LogP contribution in [-0.2, 0) is 46.2 Å². The van der Waals surface area contributed by atoms with Crippen molar-refractivity contribution in [2.75, 3.05) is 13.2 Å². The zero-order valence-electron chi connectivity index (χ0n) is 23.9. The van der Waals surface area contributed by atoms with Crippen molar-refractivity contribution in [3.8, 4) is 0 Å². The molecule has 0 bridgehead atoms. The van der Waals surface area contributed by atoms with Gasteiger partial charge in [0.2, 0.25) is 20.8 Å². The van der Waals surface area contributed by atoms with Crippen LogP contribution in [-0.4, -0.2) is 61.1 Å². The van der Waals surface area contributed by atoms with Gasteiger partial charge in [0.1, 0.15) is 0 Å². The summed E-state index contributed by atoms with van der Waals surface area (Å²) >= 11 is 0. The maximum Gasteiger partial charge on any atom is 2.00 e. The van der Waals surface area contributed by atoms with E-state index in [0.717, 1.165) is 25.7 Å². The number of unbranched alkanes of at least 4 members (excludes halogenated alkanes) is 18. The van der Waals surface area contributed by atoms with Crippen LogP contribution >= 0.6 is 0 Å². The molecule has 0 aliphatic heterocycles. The van der Waals surface area contributed by atoms with Crippen molar-refractivity contribution in [1.29, 1.82) is 0 Å². The van der Waals surface area contributed by atoms with Crippen LogP contribution in [0.25, 0.3) is 0 Å². The zero-order valence-corrected chi connectivity index (χ0v) is 26.5. The maximum atomic E-state index is 10.1. The van der Waals surface area contributed by atoms with E-state index in [1.54, 1.807) is 0 Å². The fourth-order valence-corrected chi connectivity index (χ4v) is 4.14. The van der Waals surface area contributed by atoms with Crippen LogP contribution in [0.3, 0.4) is 0 Å². The molecule has 0 aliphatic rings. The Balaban J connectivity index is -0.0000000931. The molecule has 0 aromatic heterocycles. The Morgan fingerprint density at radius 2 is 0.590 bits per heavy atom. The summed E-state index contributed by atoms with van der Waals surface area (Å²) in [7, 11) is -8.97. The number of rotatable bonds is 24. The maximum absolute atomic E-state index is 10.1. The minimum absolute atomic E-state index is 0. The Hall–Kier alpha value is 0.0995. The molecule has 0 spiro atoms. The summed E-state index contributed by atoms with van der Waals surface area (Å²) in [6.07, 6.45) is 23.4. The third-order valence-electron chi connectivity index (χ3n) is 5.45. The van der Waals surface area contributed by atoms with Gasteiger partial charge in [-0.3, -0.25) is 8.37 Å². The predicted octanol–water partition coefficient (Wildman–Crippen LogP) is 3.47. The van der Waals surface area contributed by atoms with Crippen molar-refractivity contribution in [3.05, 3.63) is 0 Å². The van der Waals surface area contributed by atoms with Gasteiger partial charge in [0.25, 0.3) is 0 Å². The minimum atomic E-state index is -4.48. The first kappa shape index (κ1) is 55.1. The van der Waals surface area contributed by atoms with E-state index in [1.165, 1.54) is 89.9 Å². The summed E-state index contributed by atoms with van der Waals surface area (Å²) < 4.78 is 68.9. The third-order valence-corrected chi connectivity index (χ3v) is 6.36. The van der Waals surface area contributed by atoms with E-state index in [0.29, 0.717) is 12.8 Å². The fraction of sp³-hybridized carbons (Fsp3) is 1.00. The molecular formula is C24H58CuO12S2. The van der Waals surface area contributed by atoms with E-state index in [-0.39, 0.29) is 52.2 Å². The summed E-state index contributed by atoms with van der Waals surface area (Å²) in [6.45, 7) is 4.49. The molecule has 15 heteroatoms. The van der Waals surface area contributed by atoms with Gasteiger partial charge in [-0.2, -0.15) is 0 Å². The second-order valence-electron chi connectivity index (χ2n) is 8.82. The van der Waals surface area contributed by atoms with E-state index >= 15 is 0 Å². The van der Waals surface area contributed by atoms with Gasteiger partial charge in [0, 0.05) is 0 Å². The average Bonchev–Trinajstić information content (AvgIpc) is 2.75. The van der Waals surface area contributed by atoms with Crippen molar-refractivity contribution < 1.29 is 73.3 Å². The third kappa shape index (κ3) is 62.9. The zero-order chi connectivity index (χ0) is 26.0. The van der Waals surface area contributed by atoms with Gasteiger partial charge < -0.3 is 31.0 Å². The molecule has 249 valence electrons. The molecule has 0 unspecified atom stereocenters. The molecule has 0 rings (SSSR count). The summed E-state index contributed by atoms with van der Waals surface area (Å²) in [4.78, 5) is 0. The number of hydrogen-bond acceptors (Lipinski definition) is 8. The molecule has 0 saturated heterocycles. The van der Waals surface area contributed by atoms with Crippen LogP contribution in [0.4, 0.5) is 0 Å². The Bertz CT molecular complexity index is 567. The van der Waals surface area contributed by atoms with E-state index < -0.39 is 20.8 Å². The summed E-state index contributed by atoms with van der Waals surface area (Å²) in [5, 5.41) is 0. The molecule has 0 amide bonds. The van der Waals surface area contributed by atoms with Gasteiger partial charge >= 0.3 is 17.1 Å². The van der Waals surface area contributed by atoms with Crippen LogP contribution in [0.1, 0.15) is 142 Å². The van der Waals surface area contributed by atoms with Gasteiger partial charge in [-0.25, -0.2) is 16.8 Å². The molecule has 0 aliphatic carbocycles. The van der Waals surface area contributed by atoms with Crippen molar-refractivity contribution >= 4 is 20.8 Å². The summed E-state index contributed by atoms with van der Waals surface area (Å²) in [6, 6.07) is 0. The van der Waals surface area contributed by atoms with Crippen molar-refractivity contribution in [3.63, 3.8) is 0 Å². The van der Waals surface area contributed by atoms with Crippen molar-refractivity contribution in [2.45, 2.75) is 142 Å². The SMILES string of the molecule is CCCCCCCCCCCCOS(=O)(=O)[O-].CCCCCCCCCCCCOS(=O)(=O)[O-].O.O.O.O.[Cu+2]. The smallest absolute Gasteiger partial charge is 0.726 e. The van der Waals surface area contributed by atoms with Gasteiger partial charge in [-0.05, 0) is 12.8 Å². The molecule has 0 atom stereocenters. The first-order chi connectivity index (χ1) is 16.1. The standard InChI is InChI=1S/2C12H26O4S.Cu.4H2O/c2*1-2-3-4-5-6-7-8-9-10-11-12-16-17(13,14)15;;;;;/h2*2-12H2,1H3,(H,13,14,15);;4*1H2/q;;+2;;;;/p-2. The number of hydrogen-bond donors (Lipinski definition) is 0. The molecular weight excluding hydrogens is 608 g/mol. The van der Waals surface area contributed by atoms with Crippen LogP contribution in [0.5, 0.6) is 0 Å². The molecule has 0 aromatic carbocycles. The molecule has 39 heavy (non-hydrogen) atoms. The Kier molecular flexibility index (Phi) is 56.8. The van der Waals surface area contributed by atoms with Crippen molar-refractivity contribution in [1.82, 2.24) is 0 Å². The molecule has 0 saturated carbocycles. The van der Waals surface area contributed by atoms with Crippen molar-refractivity contribution in [2.24, 2.45) is 0 Å². The molecule has 0 fully saturated rings. The Labute approximate surface area is 249 Å². The van der Waals surface area contributed by atoms with E-state index in [9.17, 15) is 25.9 Å². The van der Waals surface area contributed by atoms with Gasteiger partial charge in [-0.15, -0.1) is 0 Å². The second kappa shape index (κ2) is 40.2. The Morgan fingerprint density at radius 3 is 0.769 bits per heavy atom. The topological polar surface area (TPSA) is 259 Å². The van der Waals surface area contributed by atoms with Crippen LogP contribution < -0.4 is 0 Å². The normalized spacial score (nSPS) is 10.4. The molecule has 0 aromatic rings. The predicted molar refractivity (Wildman–Crippen MR) is 149 cm³/mol. The van der Waals surface area contributed by atoms with Crippen LogP contribution in [0.2, 0.25) is 0 Å². The van der Waals surface area contributed by atoms with E-state index in [1.807, 2.05) is 0 Å². The van der Waals surface area contributed by atoms with Gasteiger partial charge in [-0.1, -0.05) is 129 Å². The summed E-state index contributed by atoms with van der Waals surface area (Å²) in [5.74, 6) is 0. The largest absolute Gasteiger partial charge is 2.00 e. The van der Waals surface area contributed by atoms with Gasteiger partial charge in [0.15, 0.2) is 0 Å². The minimum Gasteiger partial charge on any atom is -0.726 e. The fourth-order valence-electron chi connectivity index (χ4n) is 3.50. The van der Waals surface area contributed by atoms with Gasteiger partial charge in [0.05, 0.1) is 13.2 Å². The van der Waals surface area contributed by atoms with E-state index in [2.05, 4.69) is 22.2 Å². The average molecular weight is 666 g/mol. The molecule has 0 heterocycles. The Morgan fingerprint density at radius 1 is 0.410 bits per heavy atom. The summed E-state index contributed by atoms with van der Waals surface area (Å²) in [5.41, 5.74) is 0. The van der Waals surface area contributed by atoms with Crippen LogP contribution in [0.15, 0.2) is 0 Å². The van der Waals surface area contributed by atoms with Crippen LogP contribution in [0, 0.1) is 0 Å². The second-order valence-corrected chi connectivity index (χ2v) is 10.9. The molecule has 8 N–H and O–H groups in total. The molecule has 1 radical (unpaired) electrons.